The predicted molar refractivity (Wildman–Crippen MR) is 164 cm³/mol. The van der Waals surface area contributed by atoms with E-state index in [1.807, 2.05) is 4.90 Å². The second kappa shape index (κ2) is 18.7. The zero-order valence-electron chi connectivity index (χ0n) is 27.0. The Morgan fingerprint density at radius 3 is 2.26 bits per heavy atom. The van der Waals surface area contributed by atoms with E-state index in [4.69, 9.17) is 9.26 Å². The van der Waals surface area contributed by atoms with Gasteiger partial charge in [0.25, 0.3) is 5.89 Å². The summed E-state index contributed by atoms with van der Waals surface area (Å²) in [4.78, 5) is 56.6. The third-order valence-electron chi connectivity index (χ3n) is 6.27. The number of likely N-dealkylation sites (N-methyl/N-ethyl adjacent to an activating group) is 1. The molecule has 0 spiro atoms. The molecule has 0 aliphatic carbocycles. The number of hydrogen-bond donors (Lipinski definition) is 3. The van der Waals surface area contributed by atoms with Crippen LogP contribution in [0.5, 0.6) is 5.75 Å². The van der Waals surface area contributed by atoms with E-state index in [2.05, 4.69) is 48.5 Å². The van der Waals surface area contributed by atoms with E-state index in [1.54, 1.807) is 46.0 Å². The average molecular weight is 604 g/mol. The van der Waals surface area contributed by atoms with Gasteiger partial charge in [-0.3, -0.25) is 24.1 Å². The van der Waals surface area contributed by atoms with Crippen LogP contribution in [0.3, 0.4) is 0 Å². The topological polar surface area (TPSA) is 164 Å². The maximum Gasteiger partial charge on any atom is 0.305 e. The molecule has 2 unspecified atom stereocenters. The maximum absolute atomic E-state index is 13.2. The fraction of sp³-hybridized carbons (Fsp3) is 0.613. The number of aliphatic carboxylic acids is 1. The lowest BCUT2D eigenvalue weighted by Gasteiger charge is -2.26. The molecule has 0 aliphatic heterocycles. The van der Waals surface area contributed by atoms with Crippen LogP contribution in [0.4, 0.5) is 0 Å². The van der Waals surface area contributed by atoms with Gasteiger partial charge in [-0.05, 0) is 57.0 Å². The molecular weight excluding hydrogens is 554 g/mol. The number of benzene rings is 1. The summed E-state index contributed by atoms with van der Waals surface area (Å²) in [6, 6.07) is 2.90. The lowest BCUT2D eigenvalue weighted by molar-refractivity contribution is -0.141. The van der Waals surface area contributed by atoms with E-state index in [1.165, 1.54) is 13.5 Å². The molecule has 0 saturated carbocycles. The minimum absolute atomic E-state index is 0.000638. The Balaban J connectivity index is 0.00000295. The molecule has 1 aromatic heterocycles. The van der Waals surface area contributed by atoms with Gasteiger partial charge in [0.15, 0.2) is 11.6 Å². The maximum atomic E-state index is 13.2. The lowest BCUT2D eigenvalue weighted by atomic mass is 10.0. The van der Waals surface area contributed by atoms with Gasteiger partial charge in [-0.15, -0.1) is 0 Å². The van der Waals surface area contributed by atoms with Crippen LogP contribution in [0, 0.1) is 18.8 Å². The molecule has 2 atom stereocenters. The highest BCUT2D eigenvalue weighted by molar-refractivity contribution is 5.95. The molecule has 12 heteroatoms. The summed E-state index contributed by atoms with van der Waals surface area (Å²) in [5.41, 5.74) is 1.15. The van der Waals surface area contributed by atoms with Crippen molar-refractivity contribution in [3.63, 3.8) is 0 Å². The summed E-state index contributed by atoms with van der Waals surface area (Å²) >= 11 is 0. The SMILES string of the molecule is CCC.COc1ccc(-c2nc(C)no2)cc1CC(=O)NC(C(=O)NC(CC(=O)O)C(=O)CN(C)CCC(C)C)C(C)C. The van der Waals surface area contributed by atoms with Crippen molar-refractivity contribution in [2.75, 3.05) is 27.2 Å². The number of aryl methyl sites for hydroxylation is 1. The monoisotopic (exact) mass is 603 g/mol. The number of nitrogens with one attached hydrogen (secondary N) is 2. The van der Waals surface area contributed by atoms with Gasteiger partial charge in [0.05, 0.1) is 32.5 Å². The van der Waals surface area contributed by atoms with Crippen LogP contribution < -0.4 is 15.4 Å². The van der Waals surface area contributed by atoms with Gasteiger partial charge in [-0.25, -0.2) is 0 Å². The highest BCUT2D eigenvalue weighted by atomic mass is 16.5. The van der Waals surface area contributed by atoms with Crippen LogP contribution >= 0.6 is 0 Å². The van der Waals surface area contributed by atoms with Crippen LogP contribution in [-0.2, 0) is 25.6 Å². The largest absolute Gasteiger partial charge is 0.496 e. The molecule has 0 bridgehead atoms. The Kier molecular flexibility index (Phi) is 16.2. The van der Waals surface area contributed by atoms with Gasteiger partial charge in [0.2, 0.25) is 11.8 Å². The second-order valence-corrected chi connectivity index (χ2v) is 11.4. The van der Waals surface area contributed by atoms with Gasteiger partial charge in [-0.2, -0.15) is 4.98 Å². The first-order valence-corrected chi connectivity index (χ1v) is 14.7. The Labute approximate surface area is 254 Å². The highest BCUT2D eigenvalue weighted by Crippen LogP contribution is 2.26. The third-order valence-corrected chi connectivity index (χ3v) is 6.27. The molecule has 0 saturated heterocycles. The molecule has 0 radical (unpaired) electrons. The van der Waals surface area contributed by atoms with Crippen molar-refractivity contribution in [1.29, 1.82) is 0 Å². The average Bonchev–Trinajstić information content (AvgIpc) is 3.36. The highest BCUT2D eigenvalue weighted by Gasteiger charge is 2.30. The number of ether oxygens (including phenoxy) is 1. The normalized spacial score (nSPS) is 12.4. The Morgan fingerprint density at radius 2 is 1.74 bits per heavy atom. The van der Waals surface area contributed by atoms with Crippen molar-refractivity contribution in [3.05, 3.63) is 29.6 Å². The number of aromatic nitrogens is 2. The molecular formula is C31H49N5O7. The zero-order valence-corrected chi connectivity index (χ0v) is 27.0. The zero-order chi connectivity index (χ0) is 32.7. The minimum atomic E-state index is -1.22. The standard InChI is InChI=1S/C28H41N5O7.C3H8/c1-16(2)10-11-33(6)15-22(34)21(14-25(36)37)30-27(38)26(17(3)4)31-24(35)13-20-12-19(8-9-23(20)39-7)28-29-18(5)32-40-28;1-3-2/h8-9,12,16-17,21,26H,10-11,13-15H2,1-7H3,(H,30,38)(H,31,35)(H,36,37);3H2,1-2H3. The van der Waals surface area contributed by atoms with Crippen LogP contribution in [0.2, 0.25) is 0 Å². The van der Waals surface area contributed by atoms with Crippen molar-refractivity contribution in [2.24, 2.45) is 11.8 Å². The first-order chi connectivity index (χ1) is 20.2. The summed E-state index contributed by atoms with van der Waals surface area (Å²) in [5, 5.41) is 18.4. The molecule has 3 N–H and O–H groups in total. The quantitative estimate of drug-likeness (QED) is 0.258. The number of carboxylic acid groups (broad SMARTS) is 1. The number of ketones is 1. The van der Waals surface area contributed by atoms with E-state index < -0.39 is 42.1 Å². The molecule has 2 rings (SSSR count). The van der Waals surface area contributed by atoms with E-state index in [0.29, 0.717) is 41.1 Å². The number of carbonyl (C=O) groups excluding carboxylic acids is 3. The summed E-state index contributed by atoms with van der Waals surface area (Å²) in [6.45, 7) is 14.3. The molecule has 2 aromatic rings. The number of amides is 2. The fourth-order valence-corrected chi connectivity index (χ4v) is 4.01. The molecule has 0 fully saturated rings. The second-order valence-electron chi connectivity index (χ2n) is 11.4. The first-order valence-electron chi connectivity index (χ1n) is 14.7. The Bertz CT molecular complexity index is 1190. The van der Waals surface area contributed by atoms with E-state index >= 15 is 0 Å². The van der Waals surface area contributed by atoms with Crippen LogP contribution in [0.1, 0.15) is 72.2 Å². The summed E-state index contributed by atoms with van der Waals surface area (Å²) in [7, 11) is 3.26. The minimum Gasteiger partial charge on any atom is -0.496 e. The smallest absolute Gasteiger partial charge is 0.305 e. The molecule has 2 amide bonds. The summed E-state index contributed by atoms with van der Waals surface area (Å²) in [5.74, 6) is -1.36. The van der Waals surface area contributed by atoms with Gasteiger partial charge < -0.3 is 25.0 Å². The van der Waals surface area contributed by atoms with Gasteiger partial charge in [0.1, 0.15) is 11.8 Å². The van der Waals surface area contributed by atoms with Crippen molar-refractivity contribution in [1.82, 2.24) is 25.7 Å². The molecule has 1 heterocycles. The van der Waals surface area contributed by atoms with Crippen molar-refractivity contribution >= 4 is 23.6 Å². The fourth-order valence-electron chi connectivity index (χ4n) is 4.01. The van der Waals surface area contributed by atoms with Crippen LogP contribution in [-0.4, -0.2) is 83.0 Å². The van der Waals surface area contributed by atoms with Crippen molar-refractivity contribution in [3.8, 4) is 17.2 Å². The number of nitrogens with zero attached hydrogens (tertiary/aromatic N) is 3. The van der Waals surface area contributed by atoms with Gasteiger partial charge >= 0.3 is 5.97 Å². The lowest BCUT2D eigenvalue weighted by Crippen LogP contribution is -2.55. The number of carbonyl (C=O) groups is 4. The Morgan fingerprint density at radius 1 is 1.09 bits per heavy atom. The number of methoxy groups -OCH3 is 1. The van der Waals surface area contributed by atoms with E-state index in [9.17, 15) is 24.3 Å². The van der Waals surface area contributed by atoms with Crippen LogP contribution in [0.15, 0.2) is 22.7 Å². The number of hydrogen-bond acceptors (Lipinski definition) is 9. The summed E-state index contributed by atoms with van der Waals surface area (Å²) in [6.07, 6.45) is 1.46. The van der Waals surface area contributed by atoms with Crippen molar-refractivity contribution < 1.29 is 33.5 Å². The molecule has 240 valence electrons. The molecule has 12 nitrogen and oxygen atoms in total. The number of carboxylic acids is 1. The molecule has 0 aliphatic rings. The van der Waals surface area contributed by atoms with Gasteiger partial charge in [0, 0.05) is 11.1 Å². The van der Waals surface area contributed by atoms with Crippen molar-refractivity contribution in [2.45, 2.75) is 86.2 Å². The molecule has 43 heavy (non-hydrogen) atoms. The predicted octanol–water partition coefficient (Wildman–Crippen LogP) is 3.66. The van der Waals surface area contributed by atoms with E-state index in [0.717, 1.165) is 6.42 Å². The number of rotatable bonds is 16. The number of Topliss-reactive ketones (excluding diaryl/α,β-unsaturated/α-hetero) is 1. The van der Waals surface area contributed by atoms with Gasteiger partial charge in [-0.1, -0.05) is 53.1 Å². The first kappa shape index (κ1) is 37.2. The van der Waals surface area contributed by atoms with Crippen LogP contribution in [0.25, 0.3) is 11.5 Å². The summed E-state index contributed by atoms with van der Waals surface area (Å²) < 4.78 is 10.6. The van der Waals surface area contributed by atoms with E-state index in [-0.39, 0.29) is 18.9 Å². The Hall–Kier alpha value is -3.80. The molecule has 1 aromatic carbocycles. The third kappa shape index (κ3) is 13.4.